The predicted octanol–water partition coefficient (Wildman–Crippen LogP) is 2.65. The van der Waals surface area contributed by atoms with Crippen molar-refractivity contribution >= 4 is 29.9 Å². The van der Waals surface area contributed by atoms with Crippen LogP contribution in [0.25, 0.3) is 0 Å². The Kier molecular flexibility index (Phi) is 4.88. The molecule has 1 fully saturated rings. The van der Waals surface area contributed by atoms with Gasteiger partial charge in [0.1, 0.15) is 0 Å². The SMILES string of the molecule is CC(C)(N)CNC(=O)C1(c2ccc(Cl)cc2)CC1.Cl. The van der Waals surface area contributed by atoms with Gasteiger partial charge in [-0.2, -0.15) is 0 Å². The first kappa shape index (κ1) is 16.3. The first-order valence-corrected chi connectivity index (χ1v) is 6.55. The minimum absolute atomic E-state index is 0. The molecule has 106 valence electrons. The standard InChI is InChI=1S/C14H19ClN2O.ClH/c1-13(2,16)9-17-12(18)14(7-8-14)10-3-5-11(15)6-4-10;/h3-6H,7-9,16H2,1-2H3,(H,17,18);1H. The second-order valence-electron chi connectivity index (χ2n) is 5.76. The summed E-state index contributed by atoms with van der Waals surface area (Å²) in [5.41, 5.74) is 6.18. The van der Waals surface area contributed by atoms with E-state index in [9.17, 15) is 4.79 Å². The number of halogens is 2. The van der Waals surface area contributed by atoms with Gasteiger partial charge in [-0.25, -0.2) is 0 Å². The van der Waals surface area contributed by atoms with Crippen molar-refractivity contribution in [1.82, 2.24) is 5.32 Å². The third-order valence-electron chi connectivity index (χ3n) is 3.29. The Morgan fingerprint density at radius 1 is 1.37 bits per heavy atom. The molecule has 0 atom stereocenters. The lowest BCUT2D eigenvalue weighted by atomic mass is 9.94. The van der Waals surface area contributed by atoms with Gasteiger partial charge in [0.15, 0.2) is 0 Å². The van der Waals surface area contributed by atoms with E-state index >= 15 is 0 Å². The van der Waals surface area contributed by atoms with Gasteiger partial charge >= 0.3 is 0 Å². The molecule has 2 rings (SSSR count). The fourth-order valence-electron chi connectivity index (χ4n) is 2.02. The van der Waals surface area contributed by atoms with Crippen LogP contribution >= 0.6 is 24.0 Å². The third kappa shape index (κ3) is 3.85. The fourth-order valence-corrected chi connectivity index (χ4v) is 2.14. The van der Waals surface area contributed by atoms with E-state index < -0.39 is 0 Å². The molecule has 1 aliphatic carbocycles. The number of rotatable bonds is 4. The largest absolute Gasteiger partial charge is 0.354 e. The summed E-state index contributed by atoms with van der Waals surface area (Å²) in [4.78, 5) is 12.3. The lowest BCUT2D eigenvalue weighted by Crippen LogP contribution is -2.47. The highest BCUT2D eigenvalue weighted by Gasteiger charge is 2.51. The molecule has 5 heteroatoms. The molecule has 1 aliphatic rings. The zero-order valence-electron chi connectivity index (χ0n) is 11.2. The zero-order chi connectivity index (χ0) is 13.4. The van der Waals surface area contributed by atoms with Gasteiger partial charge in [0.2, 0.25) is 5.91 Å². The monoisotopic (exact) mass is 302 g/mol. The Labute approximate surface area is 125 Å². The van der Waals surface area contributed by atoms with Crippen LogP contribution in [0.1, 0.15) is 32.3 Å². The van der Waals surface area contributed by atoms with Crippen molar-refractivity contribution in [3.05, 3.63) is 34.9 Å². The molecule has 0 aromatic heterocycles. The van der Waals surface area contributed by atoms with Crippen LogP contribution in [-0.4, -0.2) is 18.0 Å². The molecule has 3 nitrogen and oxygen atoms in total. The van der Waals surface area contributed by atoms with Gasteiger partial charge in [-0.3, -0.25) is 4.79 Å². The maximum absolute atomic E-state index is 12.3. The number of carbonyl (C=O) groups excluding carboxylic acids is 1. The number of hydrogen-bond acceptors (Lipinski definition) is 2. The number of nitrogens with two attached hydrogens (primary N) is 1. The van der Waals surface area contributed by atoms with E-state index in [1.807, 2.05) is 38.1 Å². The van der Waals surface area contributed by atoms with Gasteiger partial charge in [-0.15, -0.1) is 12.4 Å². The van der Waals surface area contributed by atoms with Crippen molar-refractivity contribution in [3.63, 3.8) is 0 Å². The van der Waals surface area contributed by atoms with Gasteiger partial charge in [-0.05, 0) is 44.4 Å². The smallest absolute Gasteiger partial charge is 0.230 e. The molecule has 0 unspecified atom stereocenters. The molecule has 1 saturated carbocycles. The Balaban J connectivity index is 0.00000180. The number of amides is 1. The highest BCUT2D eigenvalue weighted by molar-refractivity contribution is 6.30. The average Bonchev–Trinajstić information content (AvgIpc) is 3.07. The molecule has 0 aliphatic heterocycles. The summed E-state index contributed by atoms with van der Waals surface area (Å²) in [5, 5.41) is 3.63. The summed E-state index contributed by atoms with van der Waals surface area (Å²) in [5.74, 6) is 0.0725. The molecule has 19 heavy (non-hydrogen) atoms. The van der Waals surface area contributed by atoms with Crippen molar-refractivity contribution < 1.29 is 4.79 Å². The predicted molar refractivity (Wildman–Crippen MR) is 80.9 cm³/mol. The lowest BCUT2D eigenvalue weighted by Gasteiger charge is -2.22. The van der Waals surface area contributed by atoms with Crippen LogP contribution in [0.5, 0.6) is 0 Å². The van der Waals surface area contributed by atoms with Crippen LogP contribution in [0.15, 0.2) is 24.3 Å². The van der Waals surface area contributed by atoms with E-state index in [1.54, 1.807) is 0 Å². The van der Waals surface area contributed by atoms with Crippen LogP contribution in [-0.2, 0) is 10.2 Å². The Bertz CT molecular complexity index is 448. The first-order valence-electron chi connectivity index (χ1n) is 6.17. The van der Waals surface area contributed by atoms with Crippen LogP contribution in [0.3, 0.4) is 0 Å². The molecular formula is C14H20Cl2N2O. The van der Waals surface area contributed by atoms with Gasteiger partial charge in [0.05, 0.1) is 5.41 Å². The van der Waals surface area contributed by atoms with Crippen LogP contribution in [0.2, 0.25) is 5.02 Å². The minimum atomic E-state index is -0.383. The molecule has 1 aromatic carbocycles. The van der Waals surface area contributed by atoms with Crippen molar-refractivity contribution in [1.29, 1.82) is 0 Å². The Hall–Kier alpha value is -0.770. The number of nitrogens with one attached hydrogen (secondary N) is 1. The lowest BCUT2D eigenvalue weighted by molar-refractivity contribution is -0.123. The Morgan fingerprint density at radius 2 is 1.89 bits per heavy atom. The zero-order valence-corrected chi connectivity index (χ0v) is 12.8. The summed E-state index contributed by atoms with van der Waals surface area (Å²) in [6.45, 7) is 4.28. The molecule has 0 bridgehead atoms. The van der Waals surface area contributed by atoms with Crippen molar-refractivity contribution in [2.75, 3.05) is 6.54 Å². The number of carbonyl (C=O) groups is 1. The molecule has 0 heterocycles. The van der Waals surface area contributed by atoms with E-state index in [4.69, 9.17) is 17.3 Å². The highest BCUT2D eigenvalue weighted by atomic mass is 35.5. The molecule has 1 amide bonds. The second-order valence-corrected chi connectivity index (χ2v) is 6.20. The minimum Gasteiger partial charge on any atom is -0.354 e. The fraction of sp³-hybridized carbons (Fsp3) is 0.500. The summed E-state index contributed by atoms with van der Waals surface area (Å²) in [6, 6.07) is 7.53. The van der Waals surface area contributed by atoms with Crippen LogP contribution in [0.4, 0.5) is 0 Å². The molecule has 1 aromatic rings. The summed E-state index contributed by atoms with van der Waals surface area (Å²) in [7, 11) is 0. The average molecular weight is 303 g/mol. The Morgan fingerprint density at radius 3 is 2.32 bits per heavy atom. The molecule has 0 saturated heterocycles. The topological polar surface area (TPSA) is 55.1 Å². The molecule has 3 N–H and O–H groups in total. The van der Waals surface area contributed by atoms with Gasteiger partial charge in [-0.1, -0.05) is 23.7 Å². The van der Waals surface area contributed by atoms with E-state index in [2.05, 4.69) is 5.32 Å². The maximum Gasteiger partial charge on any atom is 0.230 e. The van der Waals surface area contributed by atoms with Crippen molar-refractivity contribution in [2.45, 2.75) is 37.6 Å². The van der Waals surface area contributed by atoms with Gasteiger partial charge in [0, 0.05) is 17.1 Å². The van der Waals surface area contributed by atoms with E-state index in [0.29, 0.717) is 11.6 Å². The third-order valence-corrected chi connectivity index (χ3v) is 3.54. The molecule has 0 radical (unpaired) electrons. The van der Waals surface area contributed by atoms with E-state index in [1.165, 1.54) is 0 Å². The second kappa shape index (κ2) is 5.70. The summed E-state index contributed by atoms with van der Waals surface area (Å²) in [6.07, 6.45) is 1.79. The van der Waals surface area contributed by atoms with Gasteiger partial charge < -0.3 is 11.1 Å². The maximum atomic E-state index is 12.3. The quantitative estimate of drug-likeness (QED) is 0.898. The van der Waals surface area contributed by atoms with Crippen molar-refractivity contribution in [2.24, 2.45) is 5.73 Å². The highest BCUT2D eigenvalue weighted by Crippen LogP contribution is 2.48. The van der Waals surface area contributed by atoms with E-state index in [0.717, 1.165) is 18.4 Å². The molecular weight excluding hydrogens is 283 g/mol. The van der Waals surface area contributed by atoms with Crippen LogP contribution < -0.4 is 11.1 Å². The first-order chi connectivity index (χ1) is 8.33. The summed E-state index contributed by atoms with van der Waals surface area (Å²) >= 11 is 5.87. The molecule has 0 spiro atoms. The number of hydrogen-bond donors (Lipinski definition) is 2. The van der Waals surface area contributed by atoms with E-state index in [-0.39, 0.29) is 29.3 Å². The van der Waals surface area contributed by atoms with Crippen molar-refractivity contribution in [3.8, 4) is 0 Å². The number of benzene rings is 1. The normalized spacial score (nSPS) is 16.4. The van der Waals surface area contributed by atoms with Gasteiger partial charge in [0.25, 0.3) is 0 Å². The summed E-state index contributed by atoms with van der Waals surface area (Å²) < 4.78 is 0. The van der Waals surface area contributed by atoms with Crippen LogP contribution in [0, 0.1) is 0 Å².